The lowest BCUT2D eigenvalue weighted by molar-refractivity contribution is 0.371. The molecular formula is C11H14BrNO2S. The molecule has 2 rings (SSSR count). The van der Waals surface area contributed by atoms with Crippen LogP contribution >= 0.6 is 27.7 Å². The second-order valence-corrected chi connectivity index (χ2v) is 5.68. The topological polar surface area (TPSA) is 41.5 Å². The highest BCUT2D eigenvalue weighted by atomic mass is 79.9. The highest BCUT2D eigenvalue weighted by Gasteiger charge is 2.18. The number of methoxy groups -OCH3 is 1. The molecule has 0 saturated carbocycles. The third-order valence-electron chi connectivity index (χ3n) is 2.51. The van der Waals surface area contributed by atoms with E-state index in [4.69, 9.17) is 4.74 Å². The number of halogens is 1. The first-order chi connectivity index (χ1) is 7.72. The Morgan fingerprint density at radius 2 is 2.38 bits per heavy atom. The molecule has 1 aliphatic rings. The number of hydrogen-bond donors (Lipinski definition) is 2. The quantitative estimate of drug-likeness (QED) is 0.881. The molecule has 1 unspecified atom stereocenters. The molecular weight excluding hydrogens is 290 g/mol. The summed E-state index contributed by atoms with van der Waals surface area (Å²) in [6, 6.07) is 3.82. The van der Waals surface area contributed by atoms with Crippen LogP contribution in [-0.4, -0.2) is 24.5 Å². The smallest absolute Gasteiger partial charge is 0.172 e. The van der Waals surface area contributed by atoms with Crippen molar-refractivity contribution in [2.75, 3.05) is 19.4 Å². The Labute approximate surface area is 108 Å². The molecule has 88 valence electrons. The molecule has 1 fully saturated rings. The normalized spacial score (nSPS) is 20.8. The predicted molar refractivity (Wildman–Crippen MR) is 70.2 cm³/mol. The van der Waals surface area contributed by atoms with E-state index in [2.05, 4.69) is 21.2 Å². The fourth-order valence-electron chi connectivity index (χ4n) is 1.68. The monoisotopic (exact) mass is 303 g/mol. The molecule has 1 atom stereocenters. The number of phenols is 1. The van der Waals surface area contributed by atoms with Gasteiger partial charge in [-0.25, -0.2) is 0 Å². The first kappa shape index (κ1) is 12.1. The van der Waals surface area contributed by atoms with Gasteiger partial charge in [-0.15, -0.1) is 11.8 Å². The minimum Gasteiger partial charge on any atom is -0.503 e. The van der Waals surface area contributed by atoms with Gasteiger partial charge in [0, 0.05) is 0 Å². The number of aromatic hydroxyl groups is 1. The summed E-state index contributed by atoms with van der Waals surface area (Å²) >= 11 is 5.22. The summed E-state index contributed by atoms with van der Waals surface area (Å²) < 4.78 is 5.82. The summed E-state index contributed by atoms with van der Waals surface area (Å²) in [5.41, 5.74) is 1.13. The average Bonchev–Trinajstić information content (AvgIpc) is 2.33. The molecule has 5 heteroatoms. The third-order valence-corrected chi connectivity index (χ3v) is 4.41. The molecule has 1 saturated heterocycles. The lowest BCUT2D eigenvalue weighted by Crippen LogP contribution is -2.25. The molecule has 0 spiro atoms. The maximum Gasteiger partial charge on any atom is 0.172 e. The average molecular weight is 304 g/mol. The molecule has 1 aromatic rings. The standard InChI is InChI=1S/C11H14BrNO2S/c1-15-9-6-7(5-8(12)10(9)14)11-13-3-2-4-16-11/h5-6,11,13-14H,2-4H2,1H3. The van der Waals surface area contributed by atoms with E-state index in [-0.39, 0.29) is 5.75 Å². The lowest BCUT2D eigenvalue weighted by atomic mass is 10.2. The Kier molecular flexibility index (Phi) is 4.00. The van der Waals surface area contributed by atoms with Crippen LogP contribution in [0.1, 0.15) is 17.4 Å². The van der Waals surface area contributed by atoms with E-state index < -0.39 is 0 Å². The van der Waals surface area contributed by atoms with Crippen molar-refractivity contribution in [1.82, 2.24) is 5.32 Å². The van der Waals surface area contributed by atoms with E-state index in [9.17, 15) is 5.11 Å². The van der Waals surface area contributed by atoms with Crippen molar-refractivity contribution in [2.24, 2.45) is 0 Å². The molecule has 0 aliphatic carbocycles. The van der Waals surface area contributed by atoms with Gasteiger partial charge in [0.15, 0.2) is 11.5 Å². The maximum atomic E-state index is 9.72. The zero-order valence-corrected chi connectivity index (χ0v) is 11.4. The van der Waals surface area contributed by atoms with Gasteiger partial charge < -0.3 is 15.2 Å². The maximum absolute atomic E-state index is 9.72. The van der Waals surface area contributed by atoms with Crippen molar-refractivity contribution in [3.05, 3.63) is 22.2 Å². The van der Waals surface area contributed by atoms with Crippen molar-refractivity contribution in [2.45, 2.75) is 11.8 Å². The second kappa shape index (κ2) is 5.29. The fourth-order valence-corrected chi connectivity index (χ4v) is 3.25. The fraction of sp³-hybridized carbons (Fsp3) is 0.455. The minimum atomic E-state index is 0.159. The third kappa shape index (κ3) is 2.47. The Hall–Kier alpha value is -0.390. The summed E-state index contributed by atoms with van der Waals surface area (Å²) in [6.07, 6.45) is 1.21. The Morgan fingerprint density at radius 1 is 1.56 bits per heavy atom. The van der Waals surface area contributed by atoms with E-state index in [1.165, 1.54) is 12.2 Å². The number of ether oxygens (including phenoxy) is 1. The van der Waals surface area contributed by atoms with E-state index in [0.29, 0.717) is 15.6 Å². The van der Waals surface area contributed by atoms with E-state index >= 15 is 0 Å². The molecule has 0 aromatic heterocycles. The van der Waals surface area contributed by atoms with Gasteiger partial charge in [0.05, 0.1) is 17.0 Å². The SMILES string of the molecule is COc1cc(C2NCCCS2)cc(Br)c1O. The summed E-state index contributed by atoms with van der Waals surface area (Å²) in [5, 5.41) is 13.5. The second-order valence-electron chi connectivity index (χ2n) is 3.61. The largest absolute Gasteiger partial charge is 0.503 e. The summed E-state index contributed by atoms with van der Waals surface area (Å²) in [6.45, 7) is 1.04. The Balaban J connectivity index is 2.29. The predicted octanol–water partition coefficient (Wildman–Crippen LogP) is 2.89. The van der Waals surface area contributed by atoms with Crippen molar-refractivity contribution in [3.63, 3.8) is 0 Å². The Morgan fingerprint density at radius 3 is 3.00 bits per heavy atom. The summed E-state index contributed by atoms with van der Waals surface area (Å²) in [7, 11) is 1.56. The number of hydrogen-bond acceptors (Lipinski definition) is 4. The van der Waals surface area contributed by atoms with E-state index in [0.717, 1.165) is 12.1 Å². The van der Waals surface area contributed by atoms with Crippen LogP contribution in [0.2, 0.25) is 0 Å². The molecule has 1 aliphatic heterocycles. The minimum absolute atomic E-state index is 0.159. The number of phenolic OH excluding ortho intramolecular Hbond substituents is 1. The van der Waals surface area contributed by atoms with Gasteiger partial charge in [-0.3, -0.25) is 0 Å². The molecule has 3 nitrogen and oxygen atoms in total. The number of thioether (sulfide) groups is 1. The van der Waals surface area contributed by atoms with Gasteiger partial charge >= 0.3 is 0 Å². The lowest BCUT2D eigenvalue weighted by Gasteiger charge is -2.24. The molecule has 2 N–H and O–H groups in total. The van der Waals surface area contributed by atoms with Crippen LogP contribution in [0.25, 0.3) is 0 Å². The Bertz CT molecular complexity index is 380. The van der Waals surface area contributed by atoms with Crippen LogP contribution in [0.5, 0.6) is 11.5 Å². The number of rotatable bonds is 2. The van der Waals surface area contributed by atoms with Crippen LogP contribution in [0, 0.1) is 0 Å². The zero-order valence-electron chi connectivity index (χ0n) is 9.00. The molecule has 0 amide bonds. The van der Waals surface area contributed by atoms with Gasteiger partial charge in [0.25, 0.3) is 0 Å². The summed E-state index contributed by atoms with van der Waals surface area (Å²) in [5.74, 6) is 1.84. The van der Waals surface area contributed by atoms with Gasteiger partial charge in [-0.1, -0.05) is 0 Å². The highest BCUT2D eigenvalue weighted by Crippen LogP contribution is 2.39. The van der Waals surface area contributed by atoms with Crippen molar-refractivity contribution in [1.29, 1.82) is 0 Å². The summed E-state index contributed by atoms with van der Waals surface area (Å²) in [4.78, 5) is 0. The van der Waals surface area contributed by atoms with Gasteiger partial charge in [0.1, 0.15) is 0 Å². The first-order valence-electron chi connectivity index (χ1n) is 5.13. The molecule has 0 bridgehead atoms. The zero-order chi connectivity index (χ0) is 11.5. The van der Waals surface area contributed by atoms with Crippen LogP contribution in [0.15, 0.2) is 16.6 Å². The van der Waals surface area contributed by atoms with Gasteiger partial charge in [-0.2, -0.15) is 0 Å². The highest BCUT2D eigenvalue weighted by molar-refractivity contribution is 9.10. The number of nitrogens with one attached hydrogen (secondary N) is 1. The molecule has 16 heavy (non-hydrogen) atoms. The van der Waals surface area contributed by atoms with Crippen molar-refractivity contribution in [3.8, 4) is 11.5 Å². The van der Waals surface area contributed by atoms with Crippen LogP contribution in [0.3, 0.4) is 0 Å². The van der Waals surface area contributed by atoms with Crippen LogP contribution in [0.4, 0.5) is 0 Å². The van der Waals surface area contributed by atoms with Crippen molar-refractivity contribution >= 4 is 27.7 Å². The first-order valence-corrected chi connectivity index (χ1v) is 6.98. The molecule has 1 aromatic carbocycles. The van der Waals surface area contributed by atoms with Crippen LogP contribution < -0.4 is 10.1 Å². The van der Waals surface area contributed by atoms with Gasteiger partial charge in [0.2, 0.25) is 0 Å². The molecule has 1 heterocycles. The van der Waals surface area contributed by atoms with Crippen LogP contribution in [-0.2, 0) is 0 Å². The van der Waals surface area contributed by atoms with Crippen molar-refractivity contribution < 1.29 is 9.84 Å². The van der Waals surface area contributed by atoms with E-state index in [1.807, 2.05) is 23.9 Å². The number of benzene rings is 1. The van der Waals surface area contributed by atoms with E-state index in [1.54, 1.807) is 7.11 Å². The van der Waals surface area contributed by atoms with Gasteiger partial charge in [-0.05, 0) is 52.3 Å². The molecule has 0 radical (unpaired) electrons.